The molecule has 0 radical (unpaired) electrons. The summed E-state index contributed by atoms with van der Waals surface area (Å²) in [6.07, 6.45) is 2.80. The standard InChI is InChI=1S/C13H16N6/c1-10-4-3-5-12-15-13(17-19(10)12)14-8-6-11-7-9-18(2)16-11/h3-5,7,9H,6,8H2,1-2H3,(H,14,17). The molecule has 0 saturated carbocycles. The van der Waals surface area contributed by atoms with Crippen molar-refractivity contribution in [1.82, 2.24) is 24.4 Å². The zero-order valence-corrected chi connectivity index (χ0v) is 11.0. The second kappa shape index (κ2) is 4.72. The summed E-state index contributed by atoms with van der Waals surface area (Å²) >= 11 is 0. The molecule has 0 bridgehead atoms. The van der Waals surface area contributed by atoms with E-state index in [4.69, 9.17) is 0 Å². The van der Waals surface area contributed by atoms with Crippen molar-refractivity contribution < 1.29 is 0 Å². The molecule has 0 aliphatic heterocycles. The average Bonchev–Trinajstić information content (AvgIpc) is 2.97. The minimum atomic E-state index is 0.658. The minimum Gasteiger partial charge on any atom is -0.353 e. The van der Waals surface area contributed by atoms with Gasteiger partial charge in [0.25, 0.3) is 0 Å². The van der Waals surface area contributed by atoms with Crippen molar-refractivity contribution in [2.24, 2.45) is 7.05 Å². The average molecular weight is 256 g/mol. The maximum absolute atomic E-state index is 4.43. The van der Waals surface area contributed by atoms with Crippen molar-refractivity contribution in [2.75, 3.05) is 11.9 Å². The van der Waals surface area contributed by atoms with E-state index in [0.717, 1.165) is 30.0 Å². The van der Waals surface area contributed by atoms with Gasteiger partial charge in [0, 0.05) is 31.9 Å². The van der Waals surface area contributed by atoms with Gasteiger partial charge in [0.15, 0.2) is 5.65 Å². The Hall–Kier alpha value is -2.37. The Labute approximate surface area is 111 Å². The van der Waals surface area contributed by atoms with Crippen molar-refractivity contribution in [1.29, 1.82) is 0 Å². The number of nitrogens with one attached hydrogen (secondary N) is 1. The molecule has 6 heteroatoms. The SMILES string of the molecule is Cc1cccc2nc(NCCc3ccn(C)n3)nn12. The predicted molar refractivity (Wildman–Crippen MR) is 73.1 cm³/mol. The normalized spacial score (nSPS) is 11.1. The van der Waals surface area contributed by atoms with E-state index in [1.165, 1.54) is 0 Å². The summed E-state index contributed by atoms with van der Waals surface area (Å²) in [5, 5.41) is 12.0. The van der Waals surface area contributed by atoms with Gasteiger partial charge in [-0.05, 0) is 25.1 Å². The maximum atomic E-state index is 4.43. The van der Waals surface area contributed by atoms with E-state index in [9.17, 15) is 0 Å². The van der Waals surface area contributed by atoms with Gasteiger partial charge in [-0.2, -0.15) is 10.1 Å². The molecular weight excluding hydrogens is 240 g/mol. The number of pyridine rings is 1. The van der Waals surface area contributed by atoms with Crippen LogP contribution in [0.2, 0.25) is 0 Å². The first-order chi connectivity index (χ1) is 9.22. The van der Waals surface area contributed by atoms with Crippen molar-refractivity contribution >= 4 is 11.6 Å². The molecular formula is C13H16N6. The van der Waals surface area contributed by atoms with E-state index in [2.05, 4.69) is 20.5 Å². The van der Waals surface area contributed by atoms with Crippen molar-refractivity contribution in [3.05, 3.63) is 41.9 Å². The van der Waals surface area contributed by atoms with Crippen LogP contribution in [-0.2, 0) is 13.5 Å². The summed E-state index contributed by atoms with van der Waals surface area (Å²) < 4.78 is 3.64. The van der Waals surface area contributed by atoms with Gasteiger partial charge in [-0.1, -0.05) is 6.07 Å². The summed E-state index contributed by atoms with van der Waals surface area (Å²) in [5.41, 5.74) is 3.00. The molecule has 6 nitrogen and oxygen atoms in total. The monoisotopic (exact) mass is 256 g/mol. The van der Waals surface area contributed by atoms with Crippen LogP contribution in [0.1, 0.15) is 11.4 Å². The number of rotatable bonds is 4. The van der Waals surface area contributed by atoms with Crippen LogP contribution in [-0.4, -0.2) is 30.9 Å². The first-order valence-corrected chi connectivity index (χ1v) is 6.27. The predicted octanol–water partition coefficient (Wildman–Crippen LogP) is 1.43. The van der Waals surface area contributed by atoms with Crippen molar-refractivity contribution in [2.45, 2.75) is 13.3 Å². The lowest BCUT2D eigenvalue weighted by molar-refractivity contribution is 0.741. The van der Waals surface area contributed by atoms with Crippen LogP contribution in [0.5, 0.6) is 0 Å². The Morgan fingerprint density at radius 1 is 1.21 bits per heavy atom. The molecule has 0 aliphatic rings. The molecule has 0 unspecified atom stereocenters. The molecule has 1 N–H and O–H groups in total. The molecule has 0 aliphatic carbocycles. The van der Waals surface area contributed by atoms with Crippen LogP contribution >= 0.6 is 0 Å². The highest BCUT2D eigenvalue weighted by atomic mass is 15.3. The van der Waals surface area contributed by atoms with Gasteiger partial charge in [0.1, 0.15) is 0 Å². The molecule has 98 valence electrons. The van der Waals surface area contributed by atoms with E-state index in [-0.39, 0.29) is 0 Å². The minimum absolute atomic E-state index is 0.658. The molecule has 0 atom stereocenters. The van der Waals surface area contributed by atoms with Crippen molar-refractivity contribution in [3.63, 3.8) is 0 Å². The summed E-state index contributed by atoms with van der Waals surface area (Å²) in [7, 11) is 1.92. The fraction of sp³-hybridized carbons (Fsp3) is 0.308. The van der Waals surface area contributed by atoms with Crippen molar-refractivity contribution in [3.8, 4) is 0 Å². The van der Waals surface area contributed by atoms with E-state index in [1.54, 1.807) is 0 Å². The van der Waals surface area contributed by atoms with Crippen LogP contribution in [0.15, 0.2) is 30.5 Å². The van der Waals surface area contributed by atoms with E-state index in [0.29, 0.717) is 5.95 Å². The molecule has 3 aromatic rings. The van der Waals surface area contributed by atoms with Crippen LogP contribution in [0.3, 0.4) is 0 Å². The number of hydrogen-bond donors (Lipinski definition) is 1. The number of aromatic nitrogens is 5. The number of aryl methyl sites for hydroxylation is 2. The van der Waals surface area contributed by atoms with Crippen LogP contribution in [0.4, 0.5) is 5.95 Å². The van der Waals surface area contributed by atoms with Crippen LogP contribution in [0.25, 0.3) is 5.65 Å². The summed E-state index contributed by atoms with van der Waals surface area (Å²) in [6.45, 7) is 2.78. The van der Waals surface area contributed by atoms with Gasteiger partial charge in [-0.3, -0.25) is 4.68 Å². The zero-order chi connectivity index (χ0) is 13.2. The Bertz CT molecular complexity index is 696. The smallest absolute Gasteiger partial charge is 0.243 e. The summed E-state index contributed by atoms with van der Waals surface area (Å²) in [4.78, 5) is 4.43. The largest absolute Gasteiger partial charge is 0.353 e. The second-order valence-electron chi connectivity index (χ2n) is 4.53. The second-order valence-corrected chi connectivity index (χ2v) is 4.53. The van der Waals surface area contributed by atoms with E-state index < -0.39 is 0 Å². The third-order valence-electron chi connectivity index (χ3n) is 2.98. The highest BCUT2D eigenvalue weighted by molar-refractivity contribution is 5.44. The number of hydrogen-bond acceptors (Lipinski definition) is 4. The summed E-state index contributed by atoms with van der Waals surface area (Å²) in [6, 6.07) is 7.96. The van der Waals surface area contributed by atoms with Gasteiger partial charge in [0.2, 0.25) is 5.95 Å². The lowest BCUT2D eigenvalue weighted by Crippen LogP contribution is -2.07. The molecule has 0 fully saturated rings. The highest BCUT2D eigenvalue weighted by Crippen LogP contribution is 2.08. The fourth-order valence-corrected chi connectivity index (χ4v) is 2.01. The van der Waals surface area contributed by atoms with Gasteiger partial charge >= 0.3 is 0 Å². The van der Waals surface area contributed by atoms with Gasteiger partial charge in [0.05, 0.1) is 5.69 Å². The molecule has 3 aromatic heterocycles. The first-order valence-electron chi connectivity index (χ1n) is 6.27. The number of anilines is 1. The molecule has 19 heavy (non-hydrogen) atoms. The van der Waals surface area contributed by atoms with Gasteiger partial charge < -0.3 is 5.32 Å². The molecule has 0 saturated heterocycles. The Kier molecular flexibility index (Phi) is 2.91. The molecule has 3 rings (SSSR count). The number of nitrogens with zero attached hydrogens (tertiary/aromatic N) is 5. The van der Waals surface area contributed by atoms with Gasteiger partial charge in [-0.15, -0.1) is 5.10 Å². The first kappa shape index (κ1) is 11.7. The fourth-order valence-electron chi connectivity index (χ4n) is 2.01. The molecule has 3 heterocycles. The maximum Gasteiger partial charge on any atom is 0.243 e. The third-order valence-corrected chi connectivity index (χ3v) is 2.98. The topological polar surface area (TPSA) is 60.0 Å². The van der Waals surface area contributed by atoms with Crippen LogP contribution < -0.4 is 5.32 Å². The lowest BCUT2D eigenvalue weighted by atomic mass is 10.3. The van der Waals surface area contributed by atoms with Crippen LogP contribution in [0, 0.1) is 6.92 Å². The van der Waals surface area contributed by atoms with E-state index >= 15 is 0 Å². The Balaban J connectivity index is 1.67. The zero-order valence-electron chi connectivity index (χ0n) is 11.0. The Morgan fingerprint density at radius 3 is 2.84 bits per heavy atom. The number of fused-ring (bicyclic) bond motifs is 1. The lowest BCUT2D eigenvalue weighted by Gasteiger charge is -1.98. The molecule has 0 spiro atoms. The van der Waals surface area contributed by atoms with Gasteiger partial charge in [-0.25, -0.2) is 4.52 Å². The third kappa shape index (κ3) is 2.42. The quantitative estimate of drug-likeness (QED) is 0.767. The molecule has 0 amide bonds. The Morgan fingerprint density at radius 2 is 2.11 bits per heavy atom. The van der Waals surface area contributed by atoms with E-state index in [1.807, 2.05) is 53.6 Å². The molecule has 0 aromatic carbocycles. The summed E-state index contributed by atoms with van der Waals surface area (Å²) in [5.74, 6) is 0.658. The highest BCUT2D eigenvalue weighted by Gasteiger charge is 2.04.